The number of ether oxygens (including phenoxy) is 1. The summed E-state index contributed by atoms with van der Waals surface area (Å²) in [6.45, 7) is 5.20. The molecule has 2 rings (SSSR count). The number of Topliss-reactive ketones (excluding diaryl/α,β-unsaturated/α-hetero) is 1. The maximum absolute atomic E-state index is 11.3. The number of nitrogens with zero attached hydrogens (tertiary/aromatic N) is 1. The van der Waals surface area contributed by atoms with Crippen LogP contribution in [0.4, 0.5) is 0 Å². The van der Waals surface area contributed by atoms with Crippen LogP contribution in [0.3, 0.4) is 0 Å². The van der Waals surface area contributed by atoms with E-state index in [1.54, 1.807) is 6.92 Å². The van der Waals surface area contributed by atoms with E-state index >= 15 is 0 Å². The van der Waals surface area contributed by atoms with Gasteiger partial charge in [0.15, 0.2) is 0 Å². The van der Waals surface area contributed by atoms with Crippen molar-refractivity contribution >= 4 is 17.5 Å². The number of carbonyl (C=O) groups is 1. The molecule has 3 nitrogen and oxygen atoms in total. The summed E-state index contributed by atoms with van der Waals surface area (Å²) in [5.74, 6) is 2.51. The van der Waals surface area contributed by atoms with Crippen molar-refractivity contribution in [2.75, 3.05) is 32.1 Å². The molecular formula is C17H25NO2S. The average molecular weight is 307 g/mol. The van der Waals surface area contributed by atoms with Crippen LogP contribution in [0.1, 0.15) is 25.3 Å². The number of carbonyl (C=O) groups excluding carboxylic acids is 1. The summed E-state index contributed by atoms with van der Waals surface area (Å²) < 4.78 is 5.50. The Kier molecular flexibility index (Phi) is 7.27. The second-order valence-electron chi connectivity index (χ2n) is 5.56. The Balaban J connectivity index is 1.63. The maximum atomic E-state index is 11.3. The smallest absolute Gasteiger partial charge is 0.131 e. The summed E-state index contributed by atoms with van der Waals surface area (Å²) >= 11 is 1.99. The summed E-state index contributed by atoms with van der Waals surface area (Å²) in [5, 5.41) is 0. The summed E-state index contributed by atoms with van der Waals surface area (Å²) in [4.78, 5) is 13.7. The molecule has 1 fully saturated rings. The second-order valence-corrected chi connectivity index (χ2v) is 6.67. The van der Waals surface area contributed by atoms with Gasteiger partial charge in [-0.25, -0.2) is 0 Å². The number of hydrogen-bond acceptors (Lipinski definition) is 4. The molecule has 0 N–H and O–H groups in total. The van der Waals surface area contributed by atoms with Gasteiger partial charge in [0.05, 0.1) is 13.2 Å². The first-order valence-corrected chi connectivity index (χ1v) is 8.84. The minimum absolute atomic E-state index is 0.258. The van der Waals surface area contributed by atoms with Gasteiger partial charge < -0.3 is 4.74 Å². The molecule has 0 bridgehead atoms. The minimum Gasteiger partial charge on any atom is -0.378 e. The Morgan fingerprint density at radius 3 is 2.95 bits per heavy atom. The number of morpholine rings is 1. The van der Waals surface area contributed by atoms with Gasteiger partial charge in [-0.1, -0.05) is 30.3 Å². The molecule has 1 atom stereocenters. The fourth-order valence-corrected chi connectivity index (χ4v) is 3.54. The van der Waals surface area contributed by atoms with Gasteiger partial charge in [-0.2, -0.15) is 11.8 Å². The lowest BCUT2D eigenvalue weighted by Gasteiger charge is -2.35. The third kappa shape index (κ3) is 6.20. The van der Waals surface area contributed by atoms with Crippen molar-refractivity contribution in [1.29, 1.82) is 0 Å². The van der Waals surface area contributed by atoms with Crippen LogP contribution in [0.25, 0.3) is 0 Å². The van der Waals surface area contributed by atoms with E-state index in [0.717, 1.165) is 25.4 Å². The third-order valence-electron chi connectivity index (χ3n) is 3.72. The zero-order chi connectivity index (χ0) is 14.9. The predicted octanol–water partition coefficient (Wildman–Crippen LogP) is 2.99. The fraction of sp³-hybridized carbons (Fsp3) is 0.588. The van der Waals surface area contributed by atoms with Gasteiger partial charge in [0.2, 0.25) is 0 Å². The summed E-state index contributed by atoms with van der Waals surface area (Å²) in [5.41, 5.74) is 1.39. The molecule has 1 aliphatic heterocycles. The van der Waals surface area contributed by atoms with Crippen LogP contribution >= 0.6 is 11.8 Å². The Hall–Kier alpha value is -0.840. The van der Waals surface area contributed by atoms with Crippen LogP contribution in [-0.2, 0) is 15.3 Å². The molecule has 0 aliphatic carbocycles. The highest BCUT2D eigenvalue weighted by Crippen LogP contribution is 2.15. The van der Waals surface area contributed by atoms with E-state index in [4.69, 9.17) is 4.74 Å². The zero-order valence-electron chi connectivity index (χ0n) is 12.8. The van der Waals surface area contributed by atoms with Crippen molar-refractivity contribution in [2.24, 2.45) is 0 Å². The molecule has 1 aliphatic rings. The van der Waals surface area contributed by atoms with Gasteiger partial charge >= 0.3 is 0 Å². The van der Waals surface area contributed by atoms with E-state index in [1.807, 2.05) is 11.8 Å². The fourth-order valence-electron chi connectivity index (χ4n) is 2.64. The molecule has 4 heteroatoms. The van der Waals surface area contributed by atoms with Crippen molar-refractivity contribution in [1.82, 2.24) is 4.90 Å². The Morgan fingerprint density at radius 2 is 2.19 bits per heavy atom. The van der Waals surface area contributed by atoms with Crippen LogP contribution in [0, 0.1) is 0 Å². The Morgan fingerprint density at radius 1 is 1.38 bits per heavy atom. The van der Waals surface area contributed by atoms with Gasteiger partial charge in [0.25, 0.3) is 0 Å². The first-order valence-electron chi connectivity index (χ1n) is 7.68. The zero-order valence-corrected chi connectivity index (χ0v) is 13.6. The molecule has 1 aromatic rings. The molecule has 21 heavy (non-hydrogen) atoms. The van der Waals surface area contributed by atoms with Crippen LogP contribution < -0.4 is 0 Å². The SMILES string of the molecule is CC(=O)CC1COCCN1CCCSCc1ccccc1. The maximum Gasteiger partial charge on any atom is 0.131 e. The van der Waals surface area contributed by atoms with Gasteiger partial charge in [-0.05, 0) is 31.2 Å². The number of rotatable bonds is 8. The lowest BCUT2D eigenvalue weighted by molar-refractivity contribution is -0.120. The van der Waals surface area contributed by atoms with Crippen molar-refractivity contribution in [3.05, 3.63) is 35.9 Å². The standard InChI is InChI=1S/C17H25NO2S/c1-15(19)12-17-13-20-10-9-18(17)8-5-11-21-14-16-6-3-2-4-7-16/h2-4,6-7,17H,5,8-14H2,1H3. The predicted molar refractivity (Wildman–Crippen MR) is 88.7 cm³/mol. The molecule has 0 aromatic heterocycles. The summed E-state index contributed by atoms with van der Waals surface area (Å²) in [7, 11) is 0. The van der Waals surface area contributed by atoms with E-state index < -0.39 is 0 Å². The third-order valence-corrected chi connectivity index (χ3v) is 4.83. The average Bonchev–Trinajstić information content (AvgIpc) is 2.49. The number of benzene rings is 1. The highest BCUT2D eigenvalue weighted by molar-refractivity contribution is 7.98. The minimum atomic E-state index is 0.258. The highest BCUT2D eigenvalue weighted by Gasteiger charge is 2.23. The van der Waals surface area contributed by atoms with E-state index in [0.29, 0.717) is 13.0 Å². The molecule has 1 saturated heterocycles. The molecular weight excluding hydrogens is 282 g/mol. The number of hydrogen-bond donors (Lipinski definition) is 0. The quantitative estimate of drug-likeness (QED) is 0.691. The first-order chi connectivity index (χ1) is 10.3. The van der Waals surface area contributed by atoms with Gasteiger partial charge in [-0.15, -0.1) is 0 Å². The van der Waals surface area contributed by atoms with Crippen molar-refractivity contribution in [3.63, 3.8) is 0 Å². The monoisotopic (exact) mass is 307 g/mol. The van der Waals surface area contributed by atoms with E-state index in [1.165, 1.54) is 17.7 Å². The highest BCUT2D eigenvalue weighted by atomic mass is 32.2. The van der Waals surface area contributed by atoms with Crippen molar-refractivity contribution in [2.45, 2.75) is 31.6 Å². The number of thioether (sulfide) groups is 1. The van der Waals surface area contributed by atoms with Crippen LogP contribution in [0.5, 0.6) is 0 Å². The second kappa shape index (κ2) is 9.23. The lowest BCUT2D eigenvalue weighted by Crippen LogP contribution is -2.46. The van der Waals surface area contributed by atoms with E-state index in [-0.39, 0.29) is 11.8 Å². The molecule has 0 radical (unpaired) electrons. The molecule has 0 amide bonds. The van der Waals surface area contributed by atoms with Gasteiger partial charge in [-0.3, -0.25) is 9.69 Å². The van der Waals surface area contributed by atoms with Crippen LogP contribution in [0.15, 0.2) is 30.3 Å². The first kappa shape index (κ1) is 16.5. The normalized spacial score (nSPS) is 19.6. The van der Waals surface area contributed by atoms with Crippen LogP contribution in [0.2, 0.25) is 0 Å². The largest absolute Gasteiger partial charge is 0.378 e. The molecule has 1 aromatic carbocycles. The summed E-state index contributed by atoms with van der Waals surface area (Å²) in [6, 6.07) is 10.9. The molecule has 1 unspecified atom stereocenters. The molecule has 1 heterocycles. The Labute approximate surface area is 132 Å². The summed E-state index contributed by atoms with van der Waals surface area (Å²) in [6.07, 6.45) is 1.79. The van der Waals surface area contributed by atoms with Crippen LogP contribution in [-0.4, -0.2) is 48.8 Å². The van der Waals surface area contributed by atoms with E-state index in [2.05, 4.69) is 35.2 Å². The number of ketones is 1. The Bertz CT molecular complexity index is 424. The lowest BCUT2D eigenvalue weighted by atomic mass is 10.1. The van der Waals surface area contributed by atoms with Gasteiger partial charge in [0, 0.05) is 24.8 Å². The molecule has 116 valence electrons. The van der Waals surface area contributed by atoms with Crippen molar-refractivity contribution in [3.8, 4) is 0 Å². The topological polar surface area (TPSA) is 29.5 Å². The molecule has 0 saturated carbocycles. The van der Waals surface area contributed by atoms with Gasteiger partial charge in [0.1, 0.15) is 5.78 Å². The molecule has 0 spiro atoms. The van der Waals surface area contributed by atoms with E-state index in [9.17, 15) is 4.79 Å². The van der Waals surface area contributed by atoms with Crippen molar-refractivity contribution < 1.29 is 9.53 Å².